The molecule has 0 saturated carbocycles. The number of amides is 2. The average molecular weight is 343 g/mol. The van der Waals surface area contributed by atoms with Crippen molar-refractivity contribution < 1.29 is 19.1 Å². The summed E-state index contributed by atoms with van der Waals surface area (Å²) in [5, 5.41) is 5.48. The van der Waals surface area contributed by atoms with Crippen molar-refractivity contribution in [3.8, 4) is 11.5 Å². The molecule has 2 N–H and O–H groups in total. The third kappa shape index (κ3) is 7.23. The van der Waals surface area contributed by atoms with E-state index in [1.54, 1.807) is 26.4 Å². The van der Waals surface area contributed by atoms with Crippen LogP contribution in [0.3, 0.4) is 0 Å². The standard InChI is InChI=1S/C16H23ClN2O4/c1-22-13-6-5-12(10-14(13)23-2)11-16(21)19-9-8-18-15(20)4-3-7-17/h5-6,10H,3-4,7-9,11H2,1-2H3,(H,18,20)(H,19,21). The van der Waals surface area contributed by atoms with Crippen LogP contribution in [0.4, 0.5) is 0 Å². The first-order valence-electron chi connectivity index (χ1n) is 7.41. The Bertz CT molecular complexity index is 523. The predicted molar refractivity (Wildman–Crippen MR) is 89.2 cm³/mol. The van der Waals surface area contributed by atoms with Gasteiger partial charge in [-0.25, -0.2) is 0 Å². The fourth-order valence-corrected chi connectivity index (χ4v) is 2.09. The summed E-state index contributed by atoms with van der Waals surface area (Å²) >= 11 is 5.51. The van der Waals surface area contributed by atoms with E-state index in [-0.39, 0.29) is 18.2 Å². The first kappa shape index (κ1) is 19.1. The van der Waals surface area contributed by atoms with Gasteiger partial charge in [0.15, 0.2) is 11.5 Å². The minimum absolute atomic E-state index is 0.0558. The molecule has 1 rings (SSSR count). The summed E-state index contributed by atoms with van der Waals surface area (Å²) in [5.74, 6) is 1.50. The van der Waals surface area contributed by atoms with Crippen LogP contribution in [0.25, 0.3) is 0 Å². The number of ether oxygens (including phenoxy) is 2. The molecule has 0 bridgehead atoms. The Kier molecular flexibility index (Phi) is 8.90. The van der Waals surface area contributed by atoms with Crippen LogP contribution >= 0.6 is 11.6 Å². The quantitative estimate of drug-likeness (QED) is 0.499. The van der Waals surface area contributed by atoms with E-state index in [1.165, 1.54) is 0 Å². The van der Waals surface area contributed by atoms with Crippen LogP contribution in [0, 0.1) is 0 Å². The van der Waals surface area contributed by atoms with Gasteiger partial charge in [0.05, 0.1) is 20.6 Å². The summed E-state index contributed by atoms with van der Waals surface area (Å²) in [7, 11) is 3.11. The predicted octanol–water partition coefficient (Wildman–Crippen LogP) is 1.50. The summed E-state index contributed by atoms with van der Waals surface area (Å²) < 4.78 is 10.4. The van der Waals surface area contributed by atoms with Crippen molar-refractivity contribution in [1.82, 2.24) is 10.6 Å². The number of carbonyl (C=O) groups is 2. The summed E-state index contributed by atoms with van der Waals surface area (Å²) in [6, 6.07) is 5.35. The highest BCUT2D eigenvalue weighted by Gasteiger charge is 2.08. The maximum atomic E-state index is 11.9. The summed E-state index contributed by atoms with van der Waals surface area (Å²) in [6.07, 6.45) is 1.29. The van der Waals surface area contributed by atoms with Crippen molar-refractivity contribution in [2.24, 2.45) is 0 Å². The molecule has 0 aliphatic carbocycles. The van der Waals surface area contributed by atoms with Crippen LogP contribution in [-0.2, 0) is 16.0 Å². The zero-order valence-corrected chi connectivity index (χ0v) is 14.2. The lowest BCUT2D eigenvalue weighted by Gasteiger charge is -2.10. The molecule has 0 aliphatic heterocycles. The molecule has 1 aromatic rings. The average Bonchev–Trinajstić information content (AvgIpc) is 2.56. The molecule has 1 aromatic carbocycles. The van der Waals surface area contributed by atoms with E-state index in [1.807, 2.05) is 6.07 Å². The Hall–Kier alpha value is -1.95. The van der Waals surface area contributed by atoms with E-state index in [4.69, 9.17) is 21.1 Å². The molecule has 23 heavy (non-hydrogen) atoms. The molecule has 7 heteroatoms. The van der Waals surface area contributed by atoms with Crippen molar-refractivity contribution >= 4 is 23.4 Å². The maximum absolute atomic E-state index is 11.9. The van der Waals surface area contributed by atoms with Crippen molar-refractivity contribution in [1.29, 1.82) is 0 Å². The van der Waals surface area contributed by atoms with E-state index in [2.05, 4.69) is 10.6 Å². The number of nitrogens with one attached hydrogen (secondary N) is 2. The fraction of sp³-hybridized carbons (Fsp3) is 0.500. The molecule has 0 heterocycles. The molecule has 0 radical (unpaired) electrons. The number of hydrogen-bond acceptors (Lipinski definition) is 4. The topological polar surface area (TPSA) is 76.7 Å². The Morgan fingerprint density at radius 2 is 1.70 bits per heavy atom. The van der Waals surface area contributed by atoms with E-state index < -0.39 is 0 Å². The highest BCUT2D eigenvalue weighted by molar-refractivity contribution is 6.17. The van der Waals surface area contributed by atoms with Gasteiger partial charge in [-0.3, -0.25) is 9.59 Å². The van der Waals surface area contributed by atoms with E-state index in [9.17, 15) is 9.59 Å². The zero-order chi connectivity index (χ0) is 17.1. The van der Waals surface area contributed by atoms with Gasteiger partial charge in [0, 0.05) is 25.4 Å². The van der Waals surface area contributed by atoms with E-state index in [0.29, 0.717) is 43.3 Å². The molecule has 0 aliphatic rings. The van der Waals surface area contributed by atoms with Gasteiger partial charge in [0.1, 0.15) is 0 Å². The van der Waals surface area contributed by atoms with Gasteiger partial charge >= 0.3 is 0 Å². The monoisotopic (exact) mass is 342 g/mol. The first-order chi connectivity index (χ1) is 11.1. The van der Waals surface area contributed by atoms with Gasteiger partial charge in [-0.15, -0.1) is 11.6 Å². The van der Waals surface area contributed by atoms with Gasteiger partial charge < -0.3 is 20.1 Å². The second kappa shape index (κ2) is 10.7. The van der Waals surface area contributed by atoms with Crippen LogP contribution in [0.2, 0.25) is 0 Å². The lowest BCUT2D eigenvalue weighted by Crippen LogP contribution is -2.35. The van der Waals surface area contributed by atoms with Crippen molar-refractivity contribution in [2.75, 3.05) is 33.2 Å². The minimum atomic E-state index is -0.118. The second-order valence-electron chi connectivity index (χ2n) is 4.86. The third-order valence-electron chi connectivity index (χ3n) is 3.12. The van der Waals surface area contributed by atoms with Gasteiger partial charge in [-0.1, -0.05) is 6.07 Å². The van der Waals surface area contributed by atoms with Crippen LogP contribution in [0.1, 0.15) is 18.4 Å². The molecule has 128 valence electrons. The number of hydrogen-bond donors (Lipinski definition) is 2. The fourth-order valence-electron chi connectivity index (χ4n) is 1.96. The van der Waals surface area contributed by atoms with Crippen LogP contribution in [0.15, 0.2) is 18.2 Å². The third-order valence-corrected chi connectivity index (χ3v) is 3.39. The van der Waals surface area contributed by atoms with Crippen molar-refractivity contribution in [2.45, 2.75) is 19.3 Å². The number of benzene rings is 1. The molecule has 2 amide bonds. The van der Waals surface area contributed by atoms with Crippen LogP contribution in [0.5, 0.6) is 11.5 Å². The van der Waals surface area contributed by atoms with E-state index >= 15 is 0 Å². The molecule has 0 aromatic heterocycles. The number of carbonyl (C=O) groups excluding carboxylic acids is 2. The molecule has 0 atom stereocenters. The molecule has 0 spiro atoms. The molecule has 0 saturated heterocycles. The largest absolute Gasteiger partial charge is 0.493 e. The smallest absolute Gasteiger partial charge is 0.224 e. The second-order valence-corrected chi connectivity index (χ2v) is 5.24. The minimum Gasteiger partial charge on any atom is -0.493 e. The van der Waals surface area contributed by atoms with Crippen molar-refractivity contribution in [3.63, 3.8) is 0 Å². The van der Waals surface area contributed by atoms with Crippen LogP contribution < -0.4 is 20.1 Å². The Balaban J connectivity index is 2.32. The molecular formula is C16H23ClN2O4. The van der Waals surface area contributed by atoms with Crippen LogP contribution in [-0.4, -0.2) is 45.0 Å². The SMILES string of the molecule is COc1ccc(CC(=O)NCCNC(=O)CCCCl)cc1OC. The molecule has 6 nitrogen and oxygen atoms in total. The lowest BCUT2D eigenvalue weighted by molar-refractivity contribution is -0.122. The van der Waals surface area contributed by atoms with Crippen molar-refractivity contribution in [3.05, 3.63) is 23.8 Å². The van der Waals surface area contributed by atoms with Gasteiger partial charge in [0.2, 0.25) is 11.8 Å². The highest BCUT2D eigenvalue weighted by atomic mass is 35.5. The number of alkyl halides is 1. The first-order valence-corrected chi connectivity index (χ1v) is 7.94. The summed E-state index contributed by atoms with van der Waals surface area (Å²) in [5.41, 5.74) is 0.825. The molecule has 0 unspecified atom stereocenters. The summed E-state index contributed by atoms with van der Waals surface area (Å²) in [4.78, 5) is 23.2. The van der Waals surface area contributed by atoms with Gasteiger partial charge in [0.25, 0.3) is 0 Å². The Labute approximate surface area is 141 Å². The number of halogens is 1. The highest BCUT2D eigenvalue weighted by Crippen LogP contribution is 2.27. The Morgan fingerprint density at radius 1 is 1.04 bits per heavy atom. The zero-order valence-electron chi connectivity index (χ0n) is 13.5. The van der Waals surface area contributed by atoms with Gasteiger partial charge in [-0.2, -0.15) is 0 Å². The Morgan fingerprint density at radius 3 is 2.30 bits per heavy atom. The normalized spacial score (nSPS) is 10.0. The number of rotatable bonds is 10. The van der Waals surface area contributed by atoms with Gasteiger partial charge in [-0.05, 0) is 24.1 Å². The number of methoxy groups -OCH3 is 2. The molecule has 0 fully saturated rings. The molecular weight excluding hydrogens is 320 g/mol. The maximum Gasteiger partial charge on any atom is 0.224 e. The van der Waals surface area contributed by atoms with E-state index in [0.717, 1.165) is 5.56 Å². The lowest BCUT2D eigenvalue weighted by atomic mass is 10.1. The summed E-state index contributed by atoms with van der Waals surface area (Å²) in [6.45, 7) is 0.789.